The minimum Gasteiger partial charge on any atom is -0.302 e. The second-order valence-corrected chi connectivity index (χ2v) is 2.81. The second-order valence-electron chi connectivity index (χ2n) is 1.89. The zero-order valence-corrected chi connectivity index (χ0v) is 6.40. The van der Waals surface area contributed by atoms with Gasteiger partial charge in [-0.05, 0) is 7.05 Å². The van der Waals surface area contributed by atoms with Gasteiger partial charge < -0.3 is 5.32 Å². The summed E-state index contributed by atoms with van der Waals surface area (Å²) in [4.78, 5) is 22.8. The molecule has 0 radical (unpaired) electrons. The number of carbonyl (C=O) groups excluding carboxylic acids is 2. The average molecular weight is 160 g/mol. The van der Waals surface area contributed by atoms with Crippen LogP contribution in [0, 0.1) is 0 Å². The first kappa shape index (κ1) is 7.56. The lowest BCUT2D eigenvalue weighted by molar-refractivity contribution is -0.124. The van der Waals surface area contributed by atoms with Crippen LogP contribution in [-0.4, -0.2) is 35.5 Å². The van der Waals surface area contributed by atoms with Gasteiger partial charge in [0.05, 0.1) is 12.4 Å². The normalized spacial score (nSPS) is 18.7. The molecule has 1 aliphatic heterocycles. The number of nitrogens with zero attached hydrogens (tertiary/aromatic N) is 1. The van der Waals surface area contributed by atoms with Gasteiger partial charge in [0.1, 0.15) is 0 Å². The molecular weight excluding hydrogens is 152 g/mol. The van der Waals surface area contributed by atoms with Gasteiger partial charge in [-0.25, -0.2) is 0 Å². The maximum absolute atomic E-state index is 10.8. The van der Waals surface area contributed by atoms with Crippen molar-refractivity contribution in [2.24, 2.45) is 0 Å². The molecule has 1 rings (SSSR count). The van der Waals surface area contributed by atoms with Gasteiger partial charge >= 0.3 is 0 Å². The van der Waals surface area contributed by atoms with Gasteiger partial charge in [-0.2, -0.15) is 0 Å². The van der Waals surface area contributed by atoms with Crippen molar-refractivity contribution in [3.05, 3.63) is 0 Å². The Balaban J connectivity index is 2.54. The molecule has 1 fully saturated rings. The molecule has 1 saturated heterocycles. The van der Waals surface area contributed by atoms with Crippen LogP contribution in [0.3, 0.4) is 0 Å². The molecule has 0 aromatic rings. The van der Waals surface area contributed by atoms with Crippen molar-refractivity contribution >= 4 is 22.9 Å². The smallest absolute Gasteiger partial charge is 0.289 e. The summed E-state index contributed by atoms with van der Waals surface area (Å²) in [7, 11) is 1.70. The van der Waals surface area contributed by atoms with Crippen molar-refractivity contribution < 1.29 is 9.59 Å². The molecule has 2 amide bonds. The Morgan fingerprint density at radius 1 is 1.70 bits per heavy atom. The van der Waals surface area contributed by atoms with Gasteiger partial charge in [-0.15, -0.1) is 0 Å². The molecule has 10 heavy (non-hydrogen) atoms. The van der Waals surface area contributed by atoms with Crippen LogP contribution in [0.5, 0.6) is 0 Å². The molecule has 0 unspecified atom stereocenters. The number of hydrogen-bond acceptors (Lipinski definition) is 4. The average Bonchev–Trinajstić information content (AvgIpc) is 2.20. The Labute approximate surface area is 62.9 Å². The topological polar surface area (TPSA) is 49.4 Å². The van der Waals surface area contributed by atoms with Crippen LogP contribution in [-0.2, 0) is 4.79 Å². The van der Waals surface area contributed by atoms with Gasteiger partial charge in [-0.1, -0.05) is 11.8 Å². The summed E-state index contributed by atoms with van der Waals surface area (Å²) in [5.74, 6) is 0.185. The standard InChI is InChI=1S/C5H8N2O2S/c1-6-3-7-4(8)2-10-5(7)9/h6H,2-3H2,1H3. The first-order valence-corrected chi connectivity index (χ1v) is 3.86. The van der Waals surface area contributed by atoms with Crippen LogP contribution in [0.1, 0.15) is 0 Å². The SMILES string of the molecule is CNCN1C(=O)CSC1=O. The van der Waals surface area contributed by atoms with Crippen molar-refractivity contribution in [1.82, 2.24) is 10.2 Å². The first-order chi connectivity index (χ1) is 4.75. The number of imide groups is 1. The monoisotopic (exact) mass is 160 g/mol. The Kier molecular flexibility index (Phi) is 2.29. The quantitative estimate of drug-likeness (QED) is 0.610. The van der Waals surface area contributed by atoms with E-state index in [0.717, 1.165) is 11.8 Å². The Morgan fingerprint density at radius 2 is 2.40 bits per heavy atom. The van der Waals surface area contributed by atoms with E-state index in [1.807, 2.05) is 0 Å². The van der Waals surface area contributed by atoms with Crippen LogP contribution >= 0.6 is 11.8 Å². The number of rotatable bonds is 2. The Morgan fingerprint density at radius 3 is 2.80 bits per heavy atom. The summed E-state index contributed by atoms with van der Waals surface area (Å²) in [6, 6.07) is 0. The molecule has 5 heteroatoms. The van der Waals surface area contributed by atoms with Gasteiger partial charge in [0, 0.05) is 0 Å². The highest BCUT2D eigenvalue weighted by molar-refractivity contribution is 8.14. The van der Waals surface area contributed by atoms with Crippen molar-refractivity contribution in [2.45, 2.75) is 0 Å². The van der Waals surface area contributed by atoms with Gasteiger partial charge in [-0.3, -0.25) is 14.5 Å². The predicted octanol–water partition coefficient (Wildman–Crippen LogP) is -0.141. The lowest BCUT2D eigenvalue weighted by Gasteiger charge is -2.10. The third-order valence-corrected chi connectivity index (χ3v) is 2.02. The second kappa shape index (κ2) is 3.03. The van der Waals surface area contributed by atoms with Crippen LogP contribution in [0.4, 0.5) is 4.79 Å². The third kappa shape index (κ3) is 1.30. The van der Waals surface area contributed by atoms with E-state index in [4.69, 9.17) is 0 Å². The minimum atomic E-state index is -0.153. The maximum atomic E-state index is 10.8. The molecule has 0 aromatic carbocycles. The summed E-state index contributed by atoms with van der Waals surface area (Å²) in [6.45, 7) is 0.324. The Hall–Kier alpha value is -0.550. The number of nitrogens with one attached hydrogen (secondary N) is 1. The van der Waals surface area contributed by atoms with Crippen molar-refractivity contribution in [2.75, 3.05) is 19.5 Å². The number of carbonyl (C=O) groups is 2. The molecule has 0 saturated carbocycles. The molecule has 56 valence electrons. The van der Waals surface area contributed by atoms with E-state index >= 15 is 0 Å². The highest BCUT2D eigenvalue weighted by Crippen LogP contribution is 2.16. The molecular formula is C5H8N2O2S. The molecule has 4 nitrogen and oxygen atoms in total. The zero-order chi connectivity index (χ0) is 7.56. The van der Waals surface area contributed by atoms with Crippen LogP contribution < -0.4 is 5.32 Å². The fraction of sp³-hybridized carbons (Fsp3) is 0.600. The molecule has 0 aromatic heterocycles. The minimum absolute atomic E-state index is 0.107. The van der Waals surface area contributed by atoms with E-state index in [9.17, 15) is 9.59 Å². The molecule has 1 N–H and O–H groups in total. The summed E-state index contributed by atoms with van der Waals surface area (Å²) < 4.78 is 0. The highest BCUT2D eigenvalue weighted by atomic mass is 32.2. The molecule has 0 atom stereocenters. The van der Waals surface area contributed by atoms with E-state index < -0.39 is 0 Å². The fourth-order valence-corrected chi connectivity index (χ4v) is 1.42. The van der Waals surface area contributed by atoms with E-state index in [2.05, 4.69) is 5.32 Å². The summed E-state index contributed by atoms with van der Waals surface area (Å²) in [5.41, 5.74) is 0. The molecule has 0 spiro atoms. The lowest BCUT2D eigenvalue weighted by atomic mass is 10.6. The Bertz CT molecular complexity index is 155. The summed E-state index contributed by atoms with van der Waals surface area (Å²) in [6.07, 6.45) is 0. The molecule has 0 aliphatic carbocycles. The van der Waals surface area contributed by atoms with Gasteiger partial charge in [0.2, 0.25) is 5.91 Å². The zero-order valence-electron chi connectivity index (χ0n) is 5.59. The maximum Gasteiger partial charge on any atom is 0.289 e. The molecule has 0 bridgehead atoms. The summed E-state index contributed by atoms with van der Waals surface area (Å²) >= 11 is 1.05. The van der Waals surface area contributed by atoms with Crippen LogP contribution in [0.15, 0.2) is 0 Å². The van der Waals surface area contributed by atoms with E-state index in [-0.39, 0.29) is 11.1 Å². The number of amides is 2. The van der Waals surface area contributed by atoms with Crippen LogP contribution in [0.25, 0.3) is 0 Å². The predicted molar refractivity (Wildman–Crippen MR) is 38.6 cm³/mol. The fourth-order valence-electron chi connectivity index (χ4n) is 0.692. The van der Waals surface area contributed by atoms with Crippen molar-refractivity contribution in [3.63, 3.8) is 0 Å². The number of hydrogen-bond donors (Lipinski definition) is 1. The van der Waals surface area contributed by atoms with E-state index in [0.29, 0.717) is 12.4 Å². The highest BCUT2D eigenvalue weighted by Gasteiger charge is 2.28. The van der Waals surface area contributed by atoms with Gasteiger partial charge in [0.25, 0.3) is 5.24 Å². The molecule has 1 aliphatic rings. The van der Waals surface area contributed by atoms with Crippen molar-refractivity contribution in [3.8, 4) is 0 Å². The van der Waals surface area contributed by atoms with Crippen molar-refractivity contribution in [1.29, 1.82) is 0 Å². The van der Waals surface area contributed by atoms with E-state index in [1.165, 1.54) is 4.90 Å². The van der Waals surface area contributed by atoms with Crippen LogP contribution in [0.2, 0.25) is 0 Å². The third-order valence-electron chi connectivity index (χ3n) is 1.16. The van der Waals surface area contributed by atoms with Gasteiger partial charge in [0.15, 0.2) is 0 Å². The lowest BCUT2D eigenvalue weighted by Crippen LogP contribution is -2.35. The summed E-state index contributed by atoms with van der Waals surface area (Å²) in [5, 5.41) is 2.59. The van der Waals surface area contributed by atoms with E-state index in [1.54, 1.807) is 7.05 Å². The first-order valence-electron chi connectivity index (χ1n) is 2.87. The largest absolute Gasteiger partial charge is 0.302 e. The number of thioether (sulfide) groups is 1. The molecule has 1 heterocycles.